The van der Waals surface area contributed by atoms with Crippen molar-refractivity contribution < 1.29 is 24.5 Å². The molecule has 0 unspecified atom stereocenters. The normalized spacial score (nSPS) is 11.3. The molecule has 0 fully saturated rings. The first-order valence-corrected chi connectivity index (χ1v) is 6.46. The van der Waals surface area contributed by atoms with Crippen LogP contribution in [0.3, 0.4) is 0 Å². The molecule has 0 aliphatic carbocycles. The number of carbonyl (C=O) groups is 2. The van der Waals surface area contributed by atoms with Gasteiger partial charge in [-0.05, 0) is 24.3 Å². The van der Waals surface area contributed by atoms with Gasteiger partial charge in [-0.3, -0.25) is 4.99 Å². The Morgan fingerprint density at radius 3 is 2.39 bits per heavy atom. The van der Waals surface area contributed by atoms with Crippen LogP contribution in [0.15, 0.2) is 59.7 Å². The minimum absolute atomic E-state index is 0.554. The van der Waals surface area contributed by atoms with Crippen LogP contribution in [0.1, 0.15) is 5.56 Å². The van der Waals surface area contributed by atoms with Crippen molar-refractivity contribution in [2.75, 3.05) is 0 Å². The van der Waals surface area contributed by atoms with Crippen LogP contribution < -0.4 is 4.74 Å². The maximum absolute atomic E-state index is 9.55. The average molecular weight is 312 g/mol. The molecule has 1 aliphatic rings. The lowest BCUT2D eigenvalue weighted by atomic mass is 10.2. The molecule has 0 saturated heterocycles. The predicted octanol–water partition coefficient (Wildman–Crippen LogP) is 2.65. The summed E-state index contributed by atoms with van der Waals surface area (Å²) in [5, 5.41) is 15.6. The minimum atomic E-state index is -1.26. The Morgan fingerprint density at radius 2 is 1.70 bits per heavy atom. The van der Waals surface area contributed by atoms with Crippen LogP contribution in [0.4, 0.5) is 5.69 Å². The molecule has 2 aromatic rings. The highest BCUT2D eigenvalue weighted by Crippen LogP contribution is 2.33. The van der Waals surface area contributed by atoms with Crippen LogP contribution in [0.5, 0.6) is 11.6 Å². The van der Waals surface area contributed by atoms with Gasteiger partial charge in [0.25, 0.3) is 0 Å². The topological polar surface area (TPSA) is 109 Å². The molecule has 1 aliphatic heterocycles. The minimum Gasteiger partial charge on any atom is -0.478 e. The molecule has 7 heteroatoms. The van der Waals surface area contributed by atoms with Crippen LogP contribution in [-0.2, 0) is 9.59 Å². The first kappa shape index (κ1) is 15.9. The summed E-state index contributed by atoms with van der Waals surface area (Å²) in [5.41, 5.74) is 1.73. The lowest BCUT2D eigenvalue weighted by molar-refractivity contribution is -0.134. The molecule has 3 rings (SSSR count). The number of carboxylic acids is 2. The monoisotopic (exact) mass is 312 g/mol. The fourth-order valence-electron chi connectivity index (χ4n) is 1.63. The largest absolute Gasteiger partial charge is 0.478 e. The predicted molar refractivity (Wildman–Crippen MR) is 82.4 cm³/mol. The van der Waals surface area contributed by atoms with E-state index in [1.807, 2.05) is 36.4 Å². The SMILES string of the molecule is C1=Nc2cccnc2Oc2ccccc21.O=C(O)/C=C/C(=O)O. The van der Waals surface area contributed by atoms with Crippen molar-refractivity contribution in [2.45, 2.75) is 0 Å². The molecule has 1 aromatic carbocycles. The summed E-state index contributed by atoms with van der Waals surface area (Å²) in [7, 11) is 0. The van der Waals surface area contributed by atoms with Crippen LogP contribution >= 0.6 is 0 Å². The van der Waals surface area contributed by atoms with Gasteiger partial charge in [-0.2, -0.15) is 0 Å². The van der Waals surface area contributed by atoms with Crippen molar-refractivity contribution in [1.82, 2.24) is 4.98 Å². The summed E-state index contributed by atoms with van der Waals surface area (Å²) in [6.45, 7) is 0. The van der Waals surface area contributed by atoms with Crippen molar-refractivity contribution in [1.29, 1.82) is 0 Å². The van der Waals surface area contributed by atoms with Crippen molar-refractivity contribution in [3.8, 4) is 11.6 Å². The molecule has 0 amide bonds. The van der Waals surface area contributed by atoms with Crippen molar-refractivity contribution in [3.63, 3.8) is 0 Å². The third kappa shape index (κ3) is 4.78. The number of fused-ring (bicyclic) bond motifs is 2. The van der Waals surface area contributed by atoms with Gasteiger partial charge in [0.15, 0.2) is 0 Å². The van der Waals surface area contributed by atoms with Gasteiger partial charge in [0.2, 0.25) is 5.88 Å². The lowest BCUT2D eigenvalue weighted by Gasteiger charge is -2.05. The van der Waals surface area contributed by atoms with E-state index in [1.165, 1.54) is 0 Å². The van der Waals surface area contributed by atoms with E-state index in [-0.39, 0.29) is 0 Å². The number of nitrogens with zero attached hydrogens (tertiary/aromatic N) is 2. The van der Waals surface area contributed by atoms with Gasteiger partial charge in [0.1, 0.15) is 11.4 Å². The summed E-state index contributed by atoms with van der Waals surface area (Å²) < 4.78 is 5.67. The number of pyridine rings is 1. The molecule has 0 spiro atoms. The van der Waals surface area contributed by atoms with Crippen LogP contribution in [0.2, 0.25) is 0 Å². The molecular formula is C16H12N2O5. The standard InChI is InChI=1S/C12H8N2O.C4H4O4/c1-2-6-11-9(4-1)8-14-10-5-3-7-13-12(10)15-11;5-3(6)1-2-4(7)8/h1-8H;1-2H,(H,5,6)(H,7,8)/b;2-1+. The number of aromatic nitrogens is 1. The van der Waals surface area contributed by atoms with Gasteiger partial charge in [0, 0.05) is 30.1 Å². The Balaban J connectivity index is 0.000000207. The molecule has 1 aromatic heterocycles. The number of hydrogen-bond acceptors (Lipinski definition) is 5. The Hall–Kier alpha value is -3.48. The van der Waals surface area contributed by atoms with Gasteiger partial charge in [-0.1, -0.05) is 12.1 Å². The number of ether oxygens (including phenoxy) is 1. The summed E-state index contributed by atoms with van der Waals surface area (Å²) >= 11 is 0. The number of carboxylic acid groups (broad SMARTS) is 2. The highest BCUT2D eigenvalue weighted by atomic mass is 16.5. The van der Waals surface area contributed by atoms with Crippen molar-refractivity contribution in [2.24, 2.45) is 4.99 Å². The maximum Gasteiger partial charge on any atom is 0.328 e. The van der Waals surface area contributed by atoms with E-state index in [0.29, 0.717) is 18.0 Å². The summed E-state index contributed by atoms with van der Waals surface area (Å²) in [6.07, 6.45) is 4.61. The van der Waals surface area contributed by atoms with Crippen molar-refractivity contribution >= 4 is 23.8 Å². The van der Waals surface area contributed by atoms with Crippen LogP contribution in [0.25, 0.3) is 0 Å². The summed E-state index contributed by atoms with van der Waals surface area (Å²) in [4.78, 5) is 27.6. The third-order valence-electron chi connectivity index (χ3n) is 2.59. The molecule has 0 radical (unpaired) electrons. The zero-order valence-electron chi connectivity index (χ0n) is 11.8. The zero-order valence-corrected chi connectivity index (χ0v) is 11.8. The van der Waals surface area contributed by atoms with Gasteiger partial charge < -0.3 is 14.9 Å². The van der Waals surface area contributed by atoms with E-state index in [1.54, 1.807) is 12.4 Å². The van der Waals surface area contributed by atoms with E-state index >= 15 is 0 Å². The molecule has 0 saturated carbocycles. The fraction of sp³-hybridized carbons (Fsp3) is 0. The quantitative estimate of drug-likeness (QED) is 0.704. The first-order valence-electron chi connectivity index (χ1n) is 6.46. The highest BCUT2D eigenvalue weighted by molar-refractivity contribution is 5.89. The van der Waals surface area contributed by atoms with E-state index in [4.69, 9.17) is 14.9 Å². The Bertz CT molecular complexity index is 720. The Kier molecular flexibility index (Phi) is 5.19. The molecule has 116 valence electrons. The van der Waals surface area contributed by atoms with Gasteiger partial charge in [0.05, 0.1) is 0 Å². The number of hydrogen-bond donors (Lipinski definition) is 2. The number of rotatable bonds is 2. The second-order valence-electron chi connectivity index (χ2n) is 4.24. The molecule has 7 nitrogen and oxygen atoms in total. The first-order chi connectivity index (χ1) is 11.1. The molecule has 0 bridgehead atoms. The lowest BCUT2D eigenvalue weighted by Crippen LogP contribution is -1.91. The Morgan fingerprint density at radius 1 is 1.00 bits per heavy atom. The van der Waals surface area contributed by atoms with Crippen LogP contribution in [0, 0.1) is 0 Å². The van der Waals surface area contributed by atoms with Crippen LogP contribution in [-0.4, -0.2) is 33.4 Å². The molecule has 2 heterocycles. The van der Waals surface area contributed by atoms with E-state index in [0.717, 1.165) is 17.0 Å². The summed E-state index contributed by atoms with van der Waals surface area (Å²) in [5.74, 6) is -1.17. The number of benzene rings is 1. The second kappa shape index (κ2) is 7.51. The molecule has 23 heavy (non-hydrogen) atoms. The number of para-hydroxylation sites is 1. The fourth-order valence-corrected chi connectivity index (χ4v) is 1.63. The highest BCUT2D eigenvalue weighted by Gasteiger charge is 2.10. The Labute approximate surface area is 131 Å². The molecule has 0 atom stereocenters. The molecule has 2 N–H and O–H groups in total. The van der Waals surface area contributed by atoms with E-state index in [2.05, 4.69) is 9.98 Å². The van der Waals surface area contributed by atoms with Gasteiger partial charge >= 0.3 is 11.9 Å². The van der Waals surface area contributed by atoms with E-state index < -0.39 is 11.9 Å². The molecular weight excluding hydrogens is 300 g/mol. The number of aliphatic imine (C=N–C) groups is 1. The van der Waals surface area contributed by atoms with Gasteiger partial charge in [-0.15, -0.1) is 0 Å². The van der Waals surface area contributed by atoms with E-state index in [9.17, 15) is 9.59 Å². The number of aliphatic carboxylic acids is 2. The zero-order chi connectivity index (χ0) is 16.7. The van der Waals surface area contributed by atoms with Gasteiger partial charge in [-0.25, -0.2) is 14.6 Å². The second-order valence-corrected chi connectivity index (χ2v) is 4.24. The maximum atomic E-state index is 9.55. The average Bonchev–Trinajstić information content (AvgIpc) is 2.72. The summed E-state index contributed by atoms with van der Waals surface area (Å²) in [6, 6.07) is 11.5. The van der Waals surface area contributed by atoms with Crippen molar-refractivity contribution in [3.05, 3.63) is 60.3 Å². The smallest absolute Gasteiger partial charge is 0.328 e. The third-order valence-corrected chi connectivity index (χ3v) is 2.59.